The maximum Gasteiger partial charge on any atom is 0.213 e. The van der Waals surface area contributed by atoms with Gasteiger partial charge in [0.1, 0.15) is 0 Å². The first-order valence-electron chi connectivity index (χ1n) is 6.56. The highest BCUT2D eigenvalue weighted by Gasteiger charge is 2.19. The van der Waals surface area contributed by atoms with Gasteiger partial charge < -0.3 is 10.5 Å². The third-order valence-corrected chi connectivity index (χ3v) is 3.50. The van der Waals surface area contributed by atoms with Gasteiger partial charge in [-0.2, -0.15) is 0 Å². The summed E-state index contributed by atoms with van der Waals surface area (Å²) in [5.74, 6) is 2.26. The normalized spacial score (nSPS) is 24.6. The van der Waals surface area contributed by atoms with E-state index in [2.05, 4.69) is 11.9 Å². The minimum absolute atomic E-state index is 0.470. The quantitative estimate of drug-likeness (QED) is 0.871. The van der Waals surface area contributed by atoms with Gasteiger partial charge in [0, 0.05) is 12.6 Å². The van der Waals surface area contributed by atoms with Crippen LogP contribution in [0.1, 0.15) is 38.3 Å². The molecule has 94 valence electrons. The average Bonchev–Trinajstić information content (AvgIpc) is 2.37. The molecule has 2 rings (SSSR count). The molecule has 1 fully saturated rings. The maximum absolute atomic E-state index is 5.77. The summed E-state index contributed by atoms with van der Waals surface area (Å²) in [6.45, 7) is 3.60. The highest BCUT2D eigenvalue weighted by Crippen LogP contribution is 2.28. The van der Waals surface area contributed by atoms with Crippen LogP contribution in [0.4, 0.5) is 0 Å². The van der Waals surface area contributed by atoms with Gasteiger partial charge in [-0.15, -0.1) is 0 Å². The summed E-state index contributed by atoms with van der Waals surface area (Å²) in [4.78, 5) is 4.35. The summed E-state index contributed by atoms with van der Waals surface area (Å²) in [6.07, 6.45) is 5.29. The van der Waals surface area contributed by atoms with E-state index in [0.717, 1.165) is 18.2 Å². The van der Waals surface area contributed by atoms with E-state index < -0.39 is 0 Å². The Morgan fingerprint density at radius 3 is 3.06 bits per heavy atom. The topological polar surface area (TPSA) is 48.1 Å². The molecule has 0 spiro atoms. The van der Waals surface area contributed by atoms with Crippen LogP contribution >= 0.6 is 0 Å². The highest BCUT2D eigenvalue weighted by atomic mass is 16.5. The van der Waals surface area contributed by atoms with Crippen molar-refractivity contribution >= 4 is 0 Å². The van der Waals surface area contributed by atoms with Gasteiger partial charge >= 0.3 is 0 Å². The Bertz CT molecular complexity index is 354. The van der Waals surface area contributed by atoms with Gasteiger partial charge in [-0.3, -0.25) is 0 Å². The second kappa shape index (κ2) is 6.01. The molecule has 2 N–H and O–H groups in total. The van der Waals surface area contributed by atoms with Crippen molar-refractivity contribution in [2.24, 2.45) is 17.6 Å². The van der Waals surface area contributed by atoms with Crippen LogP contribution in [0.25, 0.3) is 0 Å². The molecule has 0 bridgehead atoms. The summed E-state index contributed by atoms with van der Waals surface area (Å²) in [5.41, 5.74) is 6.45. The van der Waals surface area contributed by atoms with E-state index in [9.17, 15) is 0 Å². The lowest BCUT2D eigenvalue weighted by atomic mass is 9.83. The summed E-state index contributed by atoms with van der Waals surface area (Å²) >= 11 is 0. The number of ether oxygens (including phenoxy) is 1. The van der Waals surface area contributed by atoms with Crippen molar-refractivity contribution in [3.63, 3.8) is 0 Å². The van der Waals surface area contributed by atoms with Crippen molar-refractivity contribution in [3.05, 3.63) is 23.9 Å². The second-order valence-electron chi connectivity index (χ2n) is 5.12. The molecule has 3 heteroatoms. The van der Waals surface area contributed by atoms with Crippen LogP contribution in [-0.4, -0.2) is 11.6 Å². The van der Waals surface area contributed by atoms with Crippen LogP contribution in [-0.2, 0) is 6.54 Å². The Morgan fingerprint density at radius 2 is 2.29 bits per heavy atom. The molecule has 1 aliphatic rings. The Kier molecular flexibility index (Phi) is 4.37. The molecule has 3 nitrogen and oxygen atoms in total. The van der Waals surface area contributed by atoms with Crippen LogP contribution < -0.4 is 10.5 Å². The average molecular weight is 234 g/mol. The predicted molar refractivity (Wildman–Crippen MR) is 68.7 cm³/mol. The molecular formula is C14H22N2O. The molecule has 2 unspecified atom stereocenters. The Morgan fingerprint density at radius 1 is 1.41 bits per heavy atom. The summed E-state index contributed by atoms with van der Waals surface area (Å²) in [5, 5.41) is 0. The first-order chi connectivity index (χ1) is 8.28. The lowest BCUT2D eigenvalue weighted by molar-refractivity contribution is 0.177. The van der Waals surface area contributed by atoms with Gasteiger partial charge in [0.15, 0.2) is 0 Å². The number of nitrogens with two attached hydrogens (primary N) is 1. The Hall–Kier alpha value is -1.09. The minimum Gasteiger partial charge on any atom is -0.477 e. The minimum atomic E-state index is 0.470. The zero-order chi connectivity index (χ0) is 12.1. The zero-order valence-electron chi connectivity index (χ0n) is 10.6. The predicted octanol–water partition coefficient (Wildman–Crippen LogP) is 2.75. The number of nitrogens with zero attached hydrogens (tertiary/aromatic N) is 1. The summed E-state index contributed by atoms with van der Waals surface area (Å²) < 4.78 is 5.77. The maximum atomic E-state index is 5.77. The van der Waals surface area contributed by atoms with E-state index in [1.807, 2.05) is 18.2 Å². The molecule has 0 aromatic carbocycles. The molecule has 1 aromatic rings. The van der Waals surface area contributed by atoms with E-state index in [-0.39, 0.29) is 0 Å². The molecule has 0 amide bonds. The molecule has 0 aliphatic heterocycles. The SMILES string of the molecule is CC1CCCC(COc2cccc(CN)n2)C1. The fourth-order valence-electron chi connectivity index (χ4n) is 2.57. The van der Waals surface area contributed by atoms with Gasteiger partial charge in [0.25, 0.3) is 0 Å². The molecule has 0 saturated heterocycles. The van der Waals surface area contributed by atoms with Crippen molar-refractivity contribution in [3.8, 4) is 5.88 Å². The van der Waals surface area contributed by atoms with Gasteiger partial charge in [-0.05, 0) is 30.7 Å². The Balaban J connectivity index is 1.84. The summed E-state index contributed by atoms with van der Waals surface area (Å²) in [6, 6.07) is 5.79. The molecule has 1 aliphatic carbocycles. The van der Waals surface area contributed by atoms with E-state index in [1.54, 1.807) is 0 Å². The standard InChI is InChI=1S/C14H22N2O/c1-11-4-2-5-12(8-11)10-17-14-7-3-6-13(9-15)16-14/h3,6-7,11-12H,2,4-5,8-10,15H2,1H3. The van der Waals surface area contributed by atoms with Gasteiger partial charge in [0.05, 0.1) is 12.3 Å². The van der Waals surface area contributed by atoms with Crippen molar-refractivity contribution in [1.82, 2.24) is 4.98 Å². The number of hydrogen-bond acceptors (Lipinski definition) is 3. The molecule has 1 saturated carbocycles. The van der Waals surface area contributed by atoms with E-state index in [4.69, 9.17) is 10.5 Å². The summed E-state index contributed by atoms with van der Waals surface area (Å²) in [7, 11) is 0. The first-order valence-corrected chi connectivity index (χ1v) is 6.56. The van der Waals surface area contributed by atoms with Crippen LogP contribution in [0.2, 0.25) is 0 Å². The molecule has 1 heterocycles. The van der Waals surface area contributed by atoms with Gasteiger partial charge in [-0.25, -0.2) is 4.98 Å². The lowest BCUT2D eigenvalue weighted by Crippen LogP contribution is -2.20. The number of hydrogen-bond donors (Lipinski definition) is 1. The number of aromatic nitrogens is 1. The zero-order valence-corrected chi connectivity index (χ0v) is 10.6. The second-order valence-corrected chi connectivity index (χ2v) is 5.12. The fourth-order valence-corrected chi connectivity index (χ4v) is 2.57. The highest BCUT2D eigenvalue weighted by molar-refractivity contribution is 5.15. The van der Waals surface area contributed by atoms with E-state index in [0.29, 0.717) is 18.3 Å². The first kappa shape index (κ1) is 12.4. The molecule has 1 aromatic heterocycles. The van der Waals surface area contributed by atoms with Crippen molar-refractivity contribution in [2.45, 2.75) is 39.2 Å². The molecule has 17 heavy (non-hydrogen) atoms. The largest absolute Gasteiger partial charge is 0.477 e. The van der Waals surface area contributed by atoms with Crippen LogP contribution in [0.15, 0.2) is 18.2 Å². The number of rotatable bonds is 4. The van der Waals surface area contributed by atoms with Crippen LogP contribution in [0.3, 0.4) is 0 Å². The molecular weight excluding hydrogens is 212 g/mol. The molecule has 0 radical (unpaired) electrons. The van der Waals surface area contributed by atoms with Crippen molar-refractivity contribution in [2.75, 3.05) is 6.61 Å². The smallest absolute Gasteiger partial charge is 0.213 e. The molecule has 2 atom stereocenters. The third-order valence-electron chi connectivity index (χ3n) is 3.50. The van der Waals surface area contributed by atoms with Crippen LogP contribution in [0.5, 0.6) is 5.88 Å². The monoisotopic (exact) mass is 234 g/mol. The third kappa shape index (κ3) is 3.70. The Labute approximate surface area is 103 Å². The van der Waals surface area contributed by atoms with Gasteiger partial charge in [-0.1, -0.05) is 25.8 Å². The van der Waals surface area contributed by atoms with E-state index >= 15 is 0 Å². The number of pyridine rings is 1. The van der Waals surface area contributed by atoms with Gasteiger partial charge in [0.2, 0.25) is 5.88 Å². The van der Waals surface area contributed by atoms with E-state index in [1.165, 1.54) is 25.7 Å². The van der Waals surface area contributed by atoms with Crippen LogP contribution in [0, 0.1) is 11.8 Å². The lowest BCUT2D eigenvalue weighted by Gasteiger charge is -2.26. The van der Waals surface area contributed by atoms with Crippen molar-refractivity contribution in [1.29, 1.82) is 0 Å². The van der Waals surface area contributed by atoms with Crippen molar-refractivity contribution < 1.29 is 4.74 Å². The fraction of sp³-hybridized carbons (Fsp3) is 0.643.